The predicted octanol–water partition coefficient (Wildman–Crippen LogP) is 6.03. The smallest absolute Gasteiger partial charge is 0.400 e. The molecule has 1 aromatic heterocycles. The Morgan fingerprint density at radius 3 is 2.27 bits per heavy atom. The van der Waals surface area contributed by atoms with Crippen molar-refractivity contribution in [3.63, 3.8) is 0 Å². The van der Waals surface area contributed by atoms with Crippen molar-refractivity contribution in [3.05, 3.63) is 59.6 Å². The van der Waals surface area contributed by atoms with Crippen molar-refractivity contribution in [2.24, 2.45) is 0 Å². The summed E-state index contributed by atoms with van der Waals surface area (Å²) in [6.07, 6.45) is -1.41. The summed E-state index contributed by atoms with van der Waals surface area (Å²) < 4.78 is 64.8. The quantitative estimate of drug-likeness (QED) is 0.372. The van der Waals surface area contributed by atoms with E-state index in [4.69, 9.17) is 9.31 Å². The van der Waals surface area contributed by atoms with E-state index >= 15 is 0 Å². The third-order valence-electron chi connectivity index (χ3n) is 5.49. The molecule has 0 bridgehead atoms. The summed E-state index contributed by atoms with van der Waals surface area (Å²) in [5.41, 5.74) is -0.684. The van der Waals surface area contributed by atoms with Crippen LogP contribution in [0.5, 0.6) is 0 Å². The Morgan fingerprint density at radius 2 is 1.73 bits per heavy atom. The van der Waals surface area contributed by atoms with Gasteiger partial charge in [-0.15, -0.1) is 0 Å². The van der Waals surface area contributed by atoms with E-state index in [0.29, 0.717) is 5.47 Å². The molecule has 160 valence electrons. The number of halogens is 4. The van der Waals surface area contributed by atoms with Gasteiger partial charge in [0.25, 0.3) is 0 Å². The largest absolute Gasteiger partial charge is 0.490 e. The molecule has 1 saturated heterocycles. The van der Waals surface area contributed by atoms with Gasteiger partial charge in [0.2, 0.25) is 0 Å². The maximum Gasteiger partial charge on any atom is 0.490 e. The van der Waals surface area contributed by atoms with Crippen LogP contribution in [0.1, 0.15) is 46.0 Å². The van der Waals surface area contributed by atoms with Gasteiger partial charge in [0.15, 0.2) is 0 Å². The molecule has 0 radical (unpaired) electrons. The molecule has 0 unspecified atom stereocenters. The van der Waals surface area contributed by atoms with E-state index in [0.717, 1.165) is 12.1 Å². The molecule has 1 aliphatic rings. The van der Waals surface area contributed by atoms with Crippen molar-refractivity contribution in [1.82, 2.24) is 9.97 Å². The zero-order valence-corrected chi connectivity index (χ0v) is 17.4. The lowest BCUT2D eigenvalue weighted by atomic mass is 9.79. The van der Waals surface area contributed by atoms with Gasteiger partial charge in [0.05, 0.1) is 33.4 Å². The van der Waals surface area contributed by atoms with Crippen LogP contribution in [0.4, 0.5) is 17.6 Å². The van der Waals surface area contributed by atoms with Crippen LogP contribution in [0.25, 0.3) is 16.6 Å². The van der Waals surface area contributed by atoms with Crippen LogP contribution in [-0.2, 0) is 15.5 Å². The van der Waals surface area contributed by atoms with Gasteiger partial charge in [-0.2, -0.15) is 13.2 Å². The average Bonchev–Trinajstić information content (AvgIpc) is 3.10. The fraction of sp³-hybridized carbons (Fsp3) is 0.381. The van der Waals surface area contributed by atoms with Gasteiger partial charge in [-0.25, -0.2) is 9.37 Å². The average molecular weight is 422 g/mol. The van der Waals surface area contributed by atoms with Crippen molar-refractivity contribution in [1.29, 1.82) is 0 Å². The molecular formula is C21H23BF4N2O2. The fourth-order valence-electron chi connectivity index (χ4n) is 2.93. The first-order valence-electron chi connectivity index (χ1n) is 9.37. The van der Waals surface area contributed by atoms with Crippen molar-refractivity contribution in [3.8, 4) is 0 Å². The van der Waals surface area contributed by atoms with Crippen LogP contribution in [0.3, 0.4) is 0 Å². The summed E-state index contributed by atoms with van der Waals surface area (Å²) in [5, 5.41) is 0. The van der Waals surface area contributed by atoms with E-state index in [1.165, 1.54) is 12.1 Å². The van der Waals surface area contributed by atoms with E-state index in [9.17, 15) is 17.6 Å². The first kappa shape index (κ1) is 22.3. The molecule has 0 atom stereocenters. The zero-order valence-electron chi connectivity index (χ0n) is 17.4. The van der Waals surface area contributed by atoms with Crippen molar-refractivity contribution < 1.29 is 26.9 Å². The summed E-state index contributed by atoms with van der Waals surface area (Å²) >= 11 is 0. The molecule has 2 heterocycles. The van der Waals surface area contributed by atoms with Crippen molar-refractivity contribution >= 4 is 23.7 Å². The van der Waals surface area contributed by atoms with E-state index in [2.05, 4.69) is 16.5 Å². The van der Waals surface area contributed by atoms with Crippen LogP contribution in [0, 0.1) is 0 Å². The van der Waals surface area contributed by atoms with Gasteiger partial charge in [0, 0.05) is 0 Å². The fourth-order valence-corrected chi connectivity index (χ4v) is 2.93. The second-order valence-corrected chi connectivity index (χ2v) is 8.30. The minimum Gasteiger partial charge on any atom is -0.400 e. The number of hydrogen-bond donors (Lipinski definition) is 1. The number of alkyl halides is 3. The zero-order chi connectivity index (χ0) is 22.5. The Balaban J connectivity index is 1.93. The number of H-pyrrole nitrogens is 1. The normalized spacial score (nSPS) is 19.6. The first-order valence-corrected chi connectivity index (χ1v) is 9.37. The maximum absolute atomic E-state index is 14.1. The first-order chi connectivity index (χ1) is 13.7. The molecule has 0 saturated carbocycles. The highest BCUT2D eigenvalue weighted by Gasteiger charge is 2.51. The van der Waals surface area contributed by atoms with Crippen LogP contribution in [-0.4, -0.2) is 28.3 Å². The van der Waals surface area contributed by atoms with Gasteiger partial charge in [-0.3, -0.25) is 0 Å². The van der Waals surface area contributed by atoms with Crippen LogP contribution >= 0.6 is 0 Å². The summed E-state index contributed by atoms with van der Waals surface area (Å²) in [6.45, 7) is 12.8. The van der Waals surface area contributed by atoms with Gasteiger partial charge < -0.3 is 14.3 Å². The summed E-state index contributed by atoms with van der Waals surface area (Å²) in [5.74, 6) is -0.696. The van der Waals surface area contributed by atoms with Crippen molar-refractivity contribution in [2.45, 2.75) is 52.0 Å². The lowest BCUT2D eigenvalue weighted by Crippen LogP contribution is -2.41. The van der Waals surface area contributed by atoms with Gasteiger partial charge >= 0.3 is 13.3 Å². The van der Waals surface area contributed by atoms with Crippen LogP contribution in [0.2, 0.25) is 0 Å². The number of nitrogens with zero attached hydrogens (tertiary/aromatic N) is 1. The maximum atomic E-state index is 14.1. The SMILES string of the molecule is C=C(F)/C(=C\C=C(C)B1OC(C)(C)C(C)(C)O1)c1nc2ccc(C(F)(F)F)cc2[nH]1. The Labute approximate surface area is 172 Å². The molecule has 1 fully saturated rings. The molecule has 9 heteroatoms. The van der Waals surface area contributed by atoms with E-state index in [1.54, 1.807) is 13.0 Å². The number of nitrogens with one attached hydrogen (secondary N) is 1. The van der Waals surface area contributed by atoms with E-state index in [-0.39, 0.29) is 22.4 Å². The molecule has 0 amide bonds. The second-order valence-electron chi connectivity index (χ2n) is 8.30. The second kappa shape index (κ2) is 7.39. The molecule has 30 heavy (non-hydrogen) atoms. The van der Waals surface area contributed by atoms with Gasteiger partial charge in [0.1, 0.15) is 11.7 Å². The minimum absolute atomic E-state index is 0.0237. The van der Waals surface area contributed by atoms with E-state index in [1.807, 2.05) is 27.7 Å². The van der Waals surface area contributed by atoms with Gasteiger partial charge in [-0.1, -0.05) is 12.7 Å². The van der Waals surface area contributed by atoms with Crippen LogP contribution in [0.15, 0.2) is 48.2 Å². The van der Waals surface area contributed by atoms with Crippen LogP contribution < -0.4 is 0 Å². The number of benzene rings is 1. The molecule has 1 aliphatic heterocycles. The summed E-state index contributed by atoms with van der Waals surface area (Å²) in [4.78, 5) is 6.93. The topological polar surface area (TPSA) is 47.1 Å². The highest BCUT2D eigenvalue weighted by Crippen LogP contribution is 2.38. The molecular weight excluding hydrogens is 399 g/mol. The van der Waals surface area contributed by atoms with Gasteiger partial charge in [-0.05, 0) is 64.4 Å². The Hall–Kier alpha value is -2.39. The Kier molecular flexibility index (Phi) is 5.49. The molecule has 1 N–H and O–H groups in total. The van der Waals surface area contributed by atoms with E-state index < -0.39 is 35.9 Å². The number of aromatic nitrogens is 2. The number of imidazole rings is 1. The Morgan fingerprint density at radius 1 is 1.13 bits per heavy atom. The lowest BCUT2D eigenvalue weighted by Gasteiger charge is -2.32. The third kappa shape index (κ3) is 4.22. The predicted molar refractivity (Wildman–Crippen MR) is 109 cm³/mol. The molecule has 0 spiro atoms. The monoisotopic (exact) mass is 422 g/mol. The molecule has 4 nitrogen and oxygen atoms in total. The molecule has 0 aliphatic carbocycles. The number of fused-ring (bicyclic) bond motifs is 1. The number of rotatable bonds is 4. The summed E-state index contributed by atoms with van der Waals surface area (Å²) in [7, 11) is -0.606. The third-order valence-corrected chi connectivity index (χ3v) is 5.49. The standard InChI is InChI=1S/C21H23BF4N2O2/c1-12(22-29-19(3,4)20(5,6)30-22)7-9-15(13(2)23)18-27-16-10-8-14(21(24,25)26)11-17(16)28-18/h7-11H,2H2,1,3-6H3,(H,27,28)/b12-7?,15-9+. The Bertz CT molecular complexity index is 1030. The minimum atomic E-state index is -4.48. The molecule has 1 aromatic carbocycles. The lowest BCUT2D eigenvalue weighted by molar-refractivity contribution is -0.137. The molecule has 2 aromatic rings. The number of allylic oxidation sites excluding steroid dienone is 5. The highest BCUT2D eigenvalue weighted by atomic mass is 19.4. The summed E-state index contributed by atoms with van der Waals surface area (Å²) in [6, 6.07) is 3.11. The number of aromatic amines is 1. The highest BCUT2D eigenvalue weighted by molar-refractivity contribution is 6.54. The molecule has 3 rings (SSSR count). The number of hydrogen-bond acceptors (Lipinski definition) is 3. The van der Waals surface area contributed by atoms with Crippen molar-refractivity contribution in [2.75, 3.05) is 0 Å².